The van der Waals surface area contributed by atoms with Crippen LogP contribution in [0.15, 0.2) is 131 Å². The zero-order valence-electron chi connectivity index (χ0n) is 23.9. The summed E-state index contributed by atoms with van der Waals surface area (Å²) in [6.07, 6.45) is 1.50. The molecule has 0 saturated heterocycles. The molecule has 0 saturated carbocycles. The number of benzene rings is 4. The highest BCUT2D eigenvalue weighted by atomic mass is 32.2. The molecule has 5 rings (SSSR count). The third-order valence-corrected chi connectivity index (χ3v) is 10.8. The number of nitrogens with zero attached hydrogens (tertiary/aromatic N) is 1. The van der Waals surface area contributed by atoms with Gasteiger partial charge in [0.15, 0.2) is 0 Å². The molecule has 0 fully saturated rings. The van der Waals surface area contributed by atoms with Crippen molar-refractivity contribution in [1.82, 2.24) is 9.03 Å². The number of hydrogen-bond acceptors (Lipinski definition) is 6. The van der Waals surface area contributed by atoms with E-state index in [4.69, 9.17) is 4.74 Å². The van der Waals surface area contributed by atoms with Crippen LogP contribution in [0.25, 0.3) is 0 Å². The van der Waals surface area contributed by atoms with E-state index in [0.717, 1.165) is 11.1 Å². The summed E-state index contributed by atoms with van der Waals surface area (Å²) >= 11 is 0. The van der Waals surface area contributed by atoms with E-state index in [2.05, 4.69) is 4.72 Å². The predicted molar refractivity (Wildman–Crippen MR) is 164 cm³/mol. The molecule has 222 valence electrons. The van der Waals surface area contributed by atoms with Gasteiger partial charge in [0.1, 0.15) is 0 Å². The molecular weight excluding hydrogens is 585 g/mol. The maximum atomic E-state index is 14.6. The van der Waals surface area contributed by atoms with Gasteiger partial charge in [0.05, 0.1) is 40.6 Å². The molecule has 1 N–H and O–H groups in total. The molecule has 0 spiro atoms. The molecule has 0 radical (unpaired) electrons. The van der Waals surface area contributed by atoms with Crippen molar-refractivity contribution in [3.8, 4) is 0 Å². The first kappa shape index (κ1) is 30.4. The van der Waals surface area contributed by atoms with Crippen molar-refractivity contribution in [3.05, 3.63) is 143 Å². The van der Waals surface area contributed by atoms with E-state index >= 15 is 0 Å². The molecule has 43 heavy (non-hydrogen) atoms. The van der Waals surface area contributed by atoms with E-state index in [0.29, 0.717) is 11.1 Å². The van der Waals surface area contributed by atoms with Gasteiger partial charge in [0, 0.05) is 0 Å². The molecule has 3 atom stereocenters. The van der Waals surface area contributed by atoms with Crippen molar-refractivity contribution in [2.24, 2.45) is 0 Å². The Morgan fingerprint density at radius 1 is 0.744 bits per heavy atom. The first-order valence-corrected chi connectivity index (χ1v) is 16.5. The standard InChI is InChI=1S/C33H32N2O6S2/c1-23-14-18-27(19-15-23)42(37,38)34-31(25-10-6-4-7-11-25)30-22-29(33(36)41-3)32(26-12-8-5-9-13-26)35(30)43(39,40)28-20-16-24(2)17-21-28/h4-22,30-32,34H,1-3H3/t30-,31?,32-/m1/s1. The van der Waals surface area contributed by atoms with Crippen molar-refractivity contribution in [3.63, 3.8) is 0 Å². The Bertz CT molecular complexity index is 1840. The van der Waals surface area contributed by atoms with Crippen LogP contribution >= 0.6 is 0 Å². The molecule has 0 aliphatic carbocycles. The fourth-order valence-electron chi connectivity index (χ4n) is 5.24. The van der Waals surface area contributed by atoms with Gasteiger partial charge in [-0.2, -0.15) is 4.31 Å². The Labute approximate surface area is 252 Å². The maximum absolute atomic E-state index is 14.6. The molecule has 1 heterocycles. The van der Waals surface area contributed by atoms with Crippen LogP contribution in [0.5, 0.6) is 0 Å². The van der Waals surface area contributed by atoms with Crippen LogP contribution in [0.3, 0.4) is 0 Å². The third kappa shape index (κ3) is 6.18. The smallest absolute Gasteiger partial charge is 0.335 e. The second-order valence-electron chi connectivity index (χ2n) is 10.4. The number of carbonyl (C=O) groups excluding carboxylic acids is 1. The van der Waals surface area contributed by atoms with Gasteiger partial charge >= 0.3 is 5.97 Å². The number of hydrogen-bond donors (Lipinski definition) is 1. The van der Waals surface area contributed by atoms with Crippen LogP contribution in [0.2, 0.25) is 0 Å². The zero-order valence-corrected chi connectivity index (χ0v) is 25.5. The van der Waals surface area contributed by atoms with Crippen LogP contribution in [0, 0.1) is 13.8 Å². The van der Waals surface area contributed by atoms with Crippen LogP contribution in [-0.2, 0) is 29.6 Å². The number of rotatable bonds is 9. The van der Waals surface area contributed by atoms with Crippen molar-refractivity contribution >= 4 is 26.0 Å². The summed E-state index contributed by atoms with van der Waals surface area (Å²) in [5.74, 6) is -0.714. The van der Waals surface area contributed by atoms with Gasteiger partial charge < -0.3 is 4.74 Å². The van der Waals surface area contributed by atoms with Crippen molar-refractivity contribution in [1.29, 1.82) is 0 Å². The fraction of sp³-hybridized carbons (Fsp3) is 0.182. The number of methoxy groups -OCH3 is 1. The van der Waals surface area contributed by atoms with E-state index in [1.165, 1.54) is 41.8 Å². The van der Waals surface area contributed by atoms with Crippen LogP contribution in [0.1, 0.15) is 34.3 Å². The van der Waals surface area contributed by atoms with E-state index in [-0.39, 0.29) is 15.4 Å². The normalized spacial score (nSPS) is 18.2. The summed E-state index contributed by atoms with van der Waals surface area (Å²) in [7, 11) is -7.23. The predicted octanol–water partition coefficient (Wildman–Crippen LogP) is 5.24. The molecule has 4 aromatic carbocycles. The number of aryl methyl sites for hydroxylation is 2. The minimum atomic E-state index is -4.32. The van der Waals surface area contributed by atoms with E-state index in [9.17, 15) is 21.6 Å². The first-order chi connectivity index (χ1) is 20.5. The van der Waals surface area contributed by atoms with Gasteiger partial charge in [-0.15, -0.1) is 0 Å². The Morgan fingerprint density at radius 2 is 1.26 bits per heavy atom. The Kier molecular flexibility index (Phi) is 8.66. The SMILES string of the molecule is COC(=O)C1=C[C@H](C(NS(=O)(=O)c2ccc(C)cc2)c2ccccc2)N(S(=O)(=O)c2ccc(C)cc2)[C@@H]1c1ccccc1. The average molecular weight is 617 g/mol. The second-order valence-corrected chi connectivity index (χ2v) is 13.9. The van der Waals surface area contributed by atoms with Crippen molar-refractivity contribution in [2.75, 3.05) is 7.11 Å². The minimum Gasteiger partial charge on any atom is -0.466 e. The van der Waals surface area contributed by atoms with Gasteiger partial charge in [0.25, 0.3) is 0 Å². The van der Waals surface area contributed by atoms with Gasteiger partial charge in [-0.05, 0) is 49.2 Å². The molecule has 1 aliphatic rings. The quantitative estimate of drug-likeness (QED) is 0.258. The highest BCUT2D eigenvalue weighted by Gasteiger charge is 2.49. The minimum absolute atomic E-state index is 0.0109. The van der Waals surface area contributed by atoms with Crippen molar-refractivity contribution in [2.45, 2.75) is 41.8 Å². The molecule has 4 aromatic rings. The lowest BCUT2D eigenvalue weighted by Gasteiger charge is -2.35. The molecule has 1 aliphatic heterocycles. The fourth-order valence-corrected chi connectivity index (χ4v) is 8.22. The topological polar surface area (TPSA) is 110 Å². The van der Waals surface area contributed by atoms with Crippen LogP contribution in [-0.4, -0.2) is 40.3 Å². The number of esters is 1. The number of nitrogens with one attached hydrogen (secondary N) is 1. The van der Waals surface area contributed by atoms with E-state index in [1.54, 1.807) is 84.9 Å². The Balaban J connectivity index is 1.74. The molecule has 10 heteroatoms. The summed E-state index contributed by atoms with van der Waals surface area (Å²) in [5, 5.41) is 0. The van der Waals surface area contributed by atoms with E-state index in [1.807, 2.05) is 13.8 Å². The summed E-state index contributed by atoms with van der Waals surface area (Å²) in [6.45, 7) is 3.70. The van der Waals surface area contributed by atoms with E-state index < -0.39 is 44.1 Å². The maximum Gasteiger partial charge on any atom is 0.335 e. The van der Waals surface area contributed by atoms with Gasteiger partial charge in [-0.25, -0.2) is 26.4 Å². The Hall–Kier alpha value is -4.09. The molecule has 0 aromatic heterocycles. The molecule has 8 nitrogen and oxygen atoms in total. The largest absolute Gasteiger partial charge is 0.466 e. The molecular formula is C33H32N2O6S2. The lowest BCUT2D eigenvalue weighted by atomic mass is 10.00. The monoisotopic (exact) mass is 616 g/mol. The summed E-state index contributed by atoms with van der Waals surface area (Å²) in [6, 6.07) is 26.9. The lowest BCUT2D eigenvalue weighted by Crippen LogP contribution is -2.46. The first-order valence-electron chi connectivity index (χ1n) is 13.6. The summed E-state index contributed by atoms with van der Waals surface area (Å²) in [4.78, 5) is 13.3. The second kappa shape index (κ2) is 12.3. The van der Waals surface area contributed by atoms with Crippen LogP contribution in [0.4, 0.5) is 0 Å². The van der Waals surface area contributed by atoms with Crippen molar-refractivity contribution < 1.29 is 26.4 Å². The highest BCUT2D eigenvalue weighted by molar-refractivity contribution is 7.89. The molecule has 0 amide bonds. The van der Waals surface area contributed by atoms with Crippen LogP contribution < -0.4 is 4.72 Å². The van der Waals surface area contributed by atoms with Gasteiger partial charge in [-0.1, -0.05) is 102 Å². The number of carbonyl (C=O) groups is 1. The average Bonchev–Trinajstić information content (AvgIpc) is 3.42. The summed E-state index contributed by atoms with van der Waals surface area (Å²) in [5.41, 5.74) is 2.90. The highest BCUT2D eigenvalue weighted by Crippen LogP contribution is 2.45. The molecule has 0 bridgehead atoms. The summed E-state index contributed by atoms with van der Waals surface area (Å²) < 4.78 is 65.8. The Morgan fingerprint density at radius 3 is 1.79 bits per heavy atom. The van der Waals surface area contributed by atoms with Gasteiger partial charge in [-0.3, -0.25) is 0 Å². The number of ether oxygens (including phenoxy) is 1. The zero-order chi connectivity index (χ0) is 30.8. The number of sulfonamides is 2. The van der Waals surface area contributed by atoms with Gasteiger partial charge in [0.2, 0.25) is 20.0 Å². The molecule has 1 unspecified atom stereocenters. The third-order valence-electron chi connectivity index (χ3n) is 7.44. The lowest BCUT2D eigenvalue weighted by molar-refractivity contribution is -0.136.